The molecular formula is C25H24F3N7O. The molecule has 1 amide bonds. The molecule has 4 aromatic rings. The number of nitrogens with two attached hydrogens (primary N) is 2. The normalized spacial score (nSPS) is 18.3. The zero-order valence-corrected chi connectivity index (χ0v) is 19.2. The van der Waals surface area contributed by atoms with E-state index in [1.54, 1.807) is 30.5 Å². The molecule has 1 saturated carbocycles. The van der Waals surface area contributed by atoms with E-state index in [2.05, 4.69) is 15.3 Å². The molecule has 3 heterocycles. The molecule has 0 spiro atoms. The van der Waals surface area contributed by atoms with E-state index >= 15 is 0 Å². The van der Waals surface area contributed by atoms with Crippen LogP contribution >= 0.6 is 0 Å². The van der Waals surface area contributed by atoms with Gasteiger partial charge in [0, 0.05) is 41.7 Å². The van der Waals surface area contributed by atoms with Gasteiger partial charge >= 0.3 is 6.18 Å². The van der Waals surface area contributed by atoms with Crippen LogP contribution in [0.4, 0.5) is 24.8 Å². The van der Waals surface area contributed by atoms with Gasteiger partial charge in [0.05, 0.1) is 5.56 Å². The highest BCUT2D eigenvalue weighted by Crippen LogP contribution is 2.36. The van der Waals surface area contributed by atoms with Crippen LogP contribution < -0.4 is 16.8 Å². The van der Waals surface area contributed by atoms with Crippen molar-refractivity contribution in [3.63, 3.8) is 0 Å². The van der Waals surface area contributed by atoms with Crippen molar-refractivity contribution in [2.75, 3.05) is 11.1 Å². The molecule has 0 saturated heterocycles. The van der Waals surface area contributed by atoms with Gasteiger partial charge in [0.2, 0.25) is 0 Å². The third-order valence-electron chi connectivity index (χ3n) is 6.44. The molecule has 1 fully saturated rings. The van der Waals surface area contributed by atoms with Gasteiger partial charge in [-0.15, -0.1) is 0 Å². The lowest BCUT2D eigenvalue weighted by molar-refractivity contribution is -0.137. The summed E-state index contributed by atoms with van der Waals surface area (Å²) >= 11 is 0. The minimum atomic E-state index is -4.53. The second kappa shape index (κ2) is 9.23. The predicted octanol–water partition coefficient (Wildman–Crippen LogP) is 4.63. The number of benzene rings is 1. The summed E-state index contributed by atoms with van der Waals surface area (Å²) in [5.74, 6) is 0.640. The molecule has 1 aliphatic carbocycles. The Hall–Kier alpha value is -3.99. The highest BCUT2D eigenvalue weighted by molar-refractivity contribution is 6.04. The molecule has 3 aromatic heterocycles. The van der Waals surface area contributed by atoms with Crippen molar-refractivity contribution in [3.05, 3.63) is 71.9 Å². The van der Waals surface area contributed by atoms with Crippen molar-refractivity contribution < 1.29 is 18.0 Å². The average Bonchev–Trinajstić information content (AvgIpc) is 3.25. The van der Waals surface area contributed by atoms with Crippen LogP contribution in [0.2, 0.25) is 0 Å². The van der Waals surface area contributed by atoms with Crippen LogP contribution in [0.3, 0.4) is 0 Å². The summed E-state index contributed by atoms with van der Waals surface area (Å²) in [5, 5.41) is 2.41. The van der Waals surface area contributed by atoms with Crippen molar-refractivity contribution in [2.45, 2.75) is 43.8 Å². The Morgan fingerprint density at radius 3 is 2.58 bits per heavy atom. The van der Waals surface area contributed by atoms with Crippen LogP contribution in [0, 0.1) is 0 Å². The van der Waals surface area contributed by atoms with Gasteiger partial charge in [-0.25, -0.2) is 15.0 Å². The molecule has 1 aromatic carbocycles. The second-order valence-electron chi connectivity index (χ2n) is 8.93. The van der Waals surface area contributed by atoms with Crippen LogP contribution in [0.25, 0.3) is 16.8 Å². The number of hydrogen-bond acceptors (Lipinski definition) is 6. The van der Waals surface area contributed by atoms with E-state index in [-0.39, 0.29) is 23.3 Å². The fourth-order valence-corrected chi connectivity index (χ4v) is 4.68. The summed E-state index contributed by atoms with van der Waals surface area (Å²) in [6.45, 7) is 0. The molecule has 1 unspecified atom stereocenters. The molecule has 0 radical (unpaired) electrons. The van der Waals surface area contributed by atoms with Gasteiger partial charge in [0.1, 0.15) is 28.7 Å². The van der Waals surface area contributed by atoms with Crippen LogP contribution in [-0.2, 0) is 6.18 Å². The highest BCUT2D eigenvalue weighted by atomic mass is 19.4. The minimum absolute atomic E-state index is 0.128. The van der Waals surface area contributed by atoms with E-state index in [0.717, 1.165) is 55.4 Å². The molecule has 2 atom stereocenters. The van der Waals surface area contributed by atoms with Crippen molar-refractivity contribution in [1.82, 2.24) is 19.4 Å². The van der Waals surface area contributed by atoms with E-state index in [0.29, 0.717) is 17.0 Å². The fraction of sp³-hybridized carbons (Fsp3) is 0.280. The first-order valence-electron chi connectivity index (χ1n) is 11.5. The lowest BCUT2D eigenvalue weighted by atomic mass is 9.85. The van der Waals surface area contributed by atoms with Crippen LogP contribution in [0.1, 0.15) is 53.3 Å². The molecular weight excluding hydrogens is 471 g/mol. The van der Waals surface area contributed by atoms with E-state index < -0.39 is 17.6 Å². The van der Waals surface area contributed by atoms with Gasteiger partial charge in [0.15, 0.2) is 0 Å². The number of carbonyl (C=O) groups is 1. The summed E-state index contributed by atoms with van der Waals surface area (Å²) in [6, 6.07) is 8.35. The standard InChI is InChI=1S/C25H24F3N7O/c26-25(27,28)17-8-9-31-19(13-17)33-24(36)15-6-4-14(5-7-15)20-21-22(30)32-10-11-35(21)23(34-20)16-2-1-3-18(29)12-16/h4-11,13,16,18H,1-3,12,29H2,(H2,30,32)(H,31,33,36)/t16?,18-/m0/s1. The predicted molar refractivity (Wildman–Crippen MR) is 129 cm³/mol. The number of carbonyl (C=O) groups excluding carboxylic acids is 1. The van der Waals surface area contributed by atoms with Gasteiger partial charge in [-0.05, 0) is 43.5 Å². The molecule has 0 bridgehead atoms. The molecule has 0 aliphatic heterocycles. The Labute approximate surface area is 204 Å². The number of nitrogens with zero attached hydrogens (tertiary/aromatic N) is 4. The number of aromatic nitrogens is 4. The van der Waals surface area contributed by atoms with Crippen molar-refractivity contribution in [2.24, 2.45) is 5.73 Å². The third-order valence-corrected chi connectivity index (χ3v) is 6.44. The monoisotopic (exact) mass is 495 g/mol. The lowest BCUT2D eigenvalue weighted by Gasteiger charge is -2.25. The Kier molecular flexibility index (Phi) is 6.09. The molecule has 186 valence electrons. The molecule has 11 heteroatoms. The van der Waals surface area contributed by atoms with Crippen molar-refractivity contribution in [1.29, 1.82) is 0 Å². The maximum absolute atomic E-state index is 12.9. The lowest BCUT2D eigenvalue weighted by Crippen LogP contribution is -2.27. The second-order valence-corrected chi connectivity index (χ2v) is 8.93. The van der Waals surface area contributed by atoms with Gasteiger partial charge in [-0.1, -0.05) is 18.6 Å². The number of nitrogens with one attached hydrogen (secondary N) is 1. The van der Waals surface area contributed by atoms with E-state index in [4.69, 9.17) is 16.5 Å². The van der Waals surface area contributed by atoms with Crippen LogP contribution in [0.5, 0.6) is 0 Å². The Morgan fingerprint density at radius 1 is 1.08 bits per heavy atom. The number of fused-ring (bicyclic) bond motifs is 1. The van der Waals surface area contributed by atoms with Gasteiger partial charge in [0.25, 0.3) is 5.91 Å². The zero-order valence-electron chi connectivity index (χ0n) is 19.2. The van der Waals surface area contributed by atoms with Gasteiger partial charge < -0.3 is 16.8 Å². The summed E-state index contributed by atoms with van der Waals surface area (Å²) in [5.41, 5.74) is 13.8. The number of imidazole rings is 1. The first kappa shape index (κ1) is 23.7. The molecule has 36 heavy (non-hydrogen) atoms. The summed E-state index contributed by atoms with van der Waals surface area (Å²) < 4.78 is 40.8. The van der Waals surface area contributed by atoms with Gasteiger partial charge in [-0.3, -0.25) is 9.20 Å². The molecule has 5 rings (SSSR count). The summed E-state index contributed by atoms with van der Waals surface area (Å²) in [6.07, 6.45) is 3.78. The number of nitrogen functional groups attached to an aromatic ring is 1. The number of rotatable bonds is 4. The minimum Gasteiger partial charge on any atom is -0.382 e. The Morgan fingerprint density at radius 2 is 1.86 bits per heavy atom. The number of anilines is 2. The smallest absolute Gasteiger partial charge is 0.382 e. The number of pyridine rings is 1. The van der Waals surface area contributed by atoms with Gasteiger partial charge in [-0.2, -0.15) is 13.2 Å². The molecule has 8 nitrogen and oxygen atoms in total. The number of halogens is 3. The first-order chi connectivity index (χ1) is 17.2. The maximum atomic E-state index is 12.9. The summed E-state index contributed by atoms with van der Waals surface area (Å²) in [4.78, 5) is 25.6. The largest absolute Gasteiger partial charge is 0.416 e. The van der Waals surface area contributed by atoms with E-state index in [1.807, 2.05) is 10.6 Å². The van der Waals surface area contributed by atoms with E-state index in [1.165, 1.54) is 0 Å². The number of hydrogen-bond donors (Lipinski definition) is 3. The van der Waals surface area contributed by atoms with Crippen molar-refractivity contribution >= 4 is 23.1 Å². The van der Waals surface area contributed by atoms with Crippen LogP contribution in [0.15, 0.2) is 55.0 Å². The summed E-state index contributed by atoms with van der Waals surface area (Å²) in [7, 11) is 0. The van der Waals surface area contributed by atoms with Crippen LogP contribution in [-0.4, -0.2) is 31.3 Å². The van der Waals surface area contributed by atoms with E-state index in [9.17, 15) is 18.0 Å². The quantitative estimate of drug-likeness (QED) is 0.379. The topological polar surface area (TPSA) is 124 Å². The molecule has 5 N–H and O–H groups in total. The fourth-order valence-electron chi connectivity index (χ4n) is 4.68. The Bertz CT molecular complexity index is 1420. The van der Waals surface area contributed by atoms with Crippen molar-refractivity contribution in [3.8, 4) is 11.3 Å². The highest BCUT2D eigenvalue weighted by Gasteiger charge is 2.31. The SMILES string of the molecule is Nc1nccn2c(C3CCC[C@H](N)C3)nc(-c3ccc(C(=O)Nc4cc(C(F)(F)F)ccn4)cc3)c12. The Balaban J connectivity index is 1.43. The zero-order chi connectivity index (χ0) is 25.4. The number of alkyl halides is 3. The molecule has 1 aliphatic rings. The maximum Gasteiger partial charge on any atom is 0.416 e. The number of amides is 1. The first-order valence-corrected chi connectivity index (χ1v) is 11.5. The average molecular weight is 496 g/mol. The third kappa shape index (κ3) is 4.61.